The van der Waals surface area contributed by atoms with Crippen molar-refractivity contribution in [3.63, 3.8) is 0 Å². The number of rotatable bonds is 4. The van der Waals surface area contributed by atoms with Crippen LogP contribution in [0.3, 0.4) is 0 Å². The van der Waals surface area contributed by atoms with Gasteiger partial charge in [0, 0.05) is 16.3 Å². The van der Waals surface area contributed by atoms with Crippen LogP contribution in [0.4, 0.5) is 0 Å². The lowest BCUT2D eigenvalue weighted by atomic mass is 10.4. The lowest BCUT2D eigenvalue weighted by Gasteiger charge is -2.08. The molecule has 0 aromatic heterocycles. The molecule has 0 saturated carbocycles. The van der Waals surface area contributed by atoms with Gasteiger partial charge in [-0.15, -0.1) is 0 Å². The molecule has 0 aliphatic heterocycles. The molecule has 0 aliphatic rings. The second-order valence-electron chi connectivity index (χ2n) is 3.76. The zero-order valence-electron chi connectivity index (χ0n) is 10.0. The summed E-state index contributed by atoms with van der Waals surface area (Å²) in [5, 5.41) is 0. The Kier molecular flexibility index (Phi) is 4.51. The lowest BCUT2D eigenvalue weighted by molar-refractivity contribution is 0.942. The smallest absolute Gasteiger partial charge is 0.0463 e. The summed E-state index contributed by atoms with van der Waals surface area (Å²) in [5.41, 5.74) is 0. The van der Waals surface area contributed by atoms with Crippen LogP contribution in [0.5, 0.6) is 0 Å². The fourth-order valence-electron chi connectivity index (χ4n) is 1.57. The van der Waals surface area contributed by atoms with Crippen LogP contribution in [0.25, 0.3) is 0 Å². The van der Waals surface area contributed by atoms with Gasteiger partial charge in [0.15, 0.2) is 0 Å². The molecule has 0 N–H and O–H groups in total. The highest BCUT2D eigenvalue weighted by atomic mass is 32.2. The van der Waals surface area contributed by atoms with Crippen molar-refractivity contribution in [2.45, 2.75) is 23.1 Å². The molecule has 0 amide bonds. The highest BCUT2D eigenvalue weighted by Gasteiger charge is 2.03. The van der Waals surface area contributed by atoms with Crippen molar-refractivity contribution in [3.8, 4) is 0 Å². The average Bonchev–Trinajstić information content (AvgIpc) is 2.42. The highest BCUT2D eigenvalue weighted by Crippen LogP contribution is 2.18. The van der Waals surface area contributed by atoms with E-state index in [9.17, 15) is 0 Å². The molecule has 2 aromatic carbocycles. The van der Waals surface area contributed by atoms with Gasteiger partial charge < -0.3 is 0 Å². The molecule has 88 valence electrons. The quantitative estimate of drug-likeness (QED) is 0.758. The number of nitrogens with zero attached hydrogens (tertiary/aromatic N) is 1. The molecule has 0 unspecified atom stereocenters. The minimum atomic E-state index is -0.126. The van der Waals surface area contributed by atoms with E-state index in [-0.39, 0.29) is 10.7 Å². The third-order valence-electron chi connectivity index (χ3n) is 2.38. The summed E-state index contributed by atoms with van der Waals surface area (Å²) in [6.45, 7) is 3.09. The molecule has 0 spiro atoms. The van der Waals surface area contributed by atoms with Crippen molar-refractivity contribution in [1.29, 1.82) is 0 Å². The second-order valence-corrected chi connectivity index (χ2v) is 5.53. The molecule has 0 fully saturated rings. The first kappa shape index (κ1) is 12.1. The molecule has 0 bridgehead atoms. The van der Waals surface area contributed by atoms with Gasteiger partial charge in [-0.2, -0.15) is 0 Å². The molecule has 0 heterocycles. The Morgan fingerprint density at radius 3 is 1.71 bits per heavy atom. The Hall–Kier alpha value is -1.41. The van der Waals surface area contributed by atoms with Crippen LogP contribution in [0.1, 0.15) is 13.3 Å². The maximum Gasteiger partial charge on any atom is 0.0463 e. The van der Waals surface area contributed by atoms with Gasteiger partial charge in [-0.1, -0.05) is 43.3 Å². The van der Waals surface area contributed by atoms with E-state index in [1.54, 1.807) is 0 Å². The van der Waals surface area contributed by atoms with Gasteiger partial charge in [0.25, 0.3) is 0 Å². The Morgan fingerprint density at radius 2 is 1.29 bits per heavy atom. The molecule has 2 heteroatoms. The van der Waals surface area contributed by atoms with Crippen molar-refractivity contribution in [1.82, 2.24) is 0 Å². The fraction of sp³-hybridized carbons (Fsp3) is 0.200. The summed E-state index contributed by atoms with van der Waals surface area (Å²) in [6, 6.07) is 21.1. The monoisotopic (exact) mass is 243 g/mol. The Morgan fingerprint density at radius 1 is 0.824 bits per heavy atom. The van der Waals surface area contributed by atoms with Crippen LogP contribution in [0, 0.1) is 0 Å². The van der Waals surface area contributed by atoms with E-state index in [1.807, 2.05) is 0 Å². The molecular weight excluding hydrogens is 226 g/mol. The van der Waals surface area contributed by atoms with Crippen LogP contribution in [0.15, 0.2) is 74.8 Å². The Balaban J connectivity index is 2.40. The molecule has 0 atom stereocenters. The number of hydrogen-bond donors (Lipinski definition) is 0. The van der Waals surface area contributed by atoms with Gasteiger partial charge in [-0.3, -0.25) is 4.36 Å². The SMILES string of the molecule is CCCN=S(c1ccccc1)c1ccccc1. The van der Waals surface area contributed by atoms with Crippen LogP contribution in [-0.4, -0.2) is 6.54 Å². The molecule has 2 aromatic rings. The summed E-state index contributed by atoms with van der Waals surface area (Å²) >= 11 is 0. The normalized spacial score (nSPS) is 10.5. The Labute approximate surface area is 106 Å². The molecule has 1 nitrogen and oxygen atoms in total. The van der Waals surface area contributed by atoms with Gasteiger partial charge in [0.05, 0.1) is 0 Å². The van der Waals surface area contributed by atoms with E-state index in [0.29, 0.717) is 0 Å². The van der Waals surface area contributed by atoms with Crippen LogP contribution < -0.4 is 0 Å². The standard InChI is InChI=1S/C15H17NS/c1-2-13-16-17(14-9-5-3-6-10-14)15-11-7-4-8-12-15/h3-12H,2,13H2,1H3. The first-order valence-corrected chi connectivity index (χ1v) is 7.12. The van der Waals surface area contributed by atoms with E-state index in [0.717, 1.165) is 13.0 Å². The van der Waals surface area contributed by atoms with Gasteiger partial charge in [-0.25, -0.2) is 0 Å². The van der Waals surface area contributed by atoms with Gasteiger partial charge >= 0.3 is 0 Å². The number of hydrogen-bond acceptors (Lipinski definition) is 1. The maximum atomic E-state index is 4.81. The minimum Gasteiger partial charge on any atom is -0.255 e. The third kappa shape index (κ3) is 3.27. The zero-order valence-corrected chi connectivity index (χ0v) is 10.9. The number of benzene rings is 2. The molecule has 0 saturated heterocycles. The van der Waals surface area contributed by atoms with Crippen molar-refractivity contribution in [2.75, 3.05) is 6.54 Å². The average molecular weight is 243 g/mol. The summed E-state index contributed by atoms with van der Waals surface area (Å²) in [4.78, 5) is 2.60. The molecule has 17 heavy (non-hydrogen) atoms. The van der Waals surface area contributed by atoms with Crippen LogP contribution in [-0.2, 0) is 10.7 Å². The summed E-state index contributed by atoms with van der Waals surface area (Å²) in [5.74, 6) is 0. The van der Waals surface area contributed by atoms with Crippen molar-refractivity contribution in [3.05, 3.63) is 60.7 Å². The zero-order chi connectivity index (χ0) is 11.9. The first-order valence-electron chi connectivity index (χ1n) is 5.94. The summed E-state index contributed by atoms with van der Waals surface area (Å²) in [6.07, 6.45) is 1.10. The molecule has 0 radical (unpaired) electrons. The summed E-state index contributed by atoms with van der Waals surface area (Å²) < 4.78 is 4.81. The van der Waals surface area contributed by atoms with E-state index in [1.165, 1.54) is 9.79 Å². The predicted octanol–water partition coefficient (Wildman–Crippen LogP) is 4.32. The second kappa shape index (κ2) is 6.36. The van der Waals surface area contributed by atoms with Crippen molar-refractivity contribution in [2.24, 2.45) is 4.36 Å². The van der Waals surface area contributed by atoms with E-state index >= 15 is 0 Å². The van der Waals surface area contributed by atoms with Crippen molar-refractivity contribution < 1.29 is 0 Å². The molecular formula is C15H17NS. The third-order valence-corrected chi connectivity index (χ3v) is 4.26. The first-order chi connectivity index (χ1) is 8.42. The highest BCUT2D eigenvalue weighted by molar-refractivity contribution is 7.87. The van der Waals surface area contributed by atoms with Crippen molar-refractivity contribution >= 4 is 10.7 Å². The predicted molar refractivity (Wildman–Crippen MR) is 74.4 cm³/mol. The molecule has 2 rings (SSSR count). The largest absolute Gasteiger partial charge is 0.255 e. The van der Waals surface area contributed by atoms with Gasteiger partial charge in [0.1, 0.15) is 0 Å². The summed E-state index contributed by atoms with van der Waals surface area (Å²) in [7, 11) is -0.126. The minimum absolute atomic E-state index is 0.126. The van der Waals surface area contributed by atoms with E-state index in [4.69, 9.17) is 4.36 Å². The van der Waals surface area contributed by atoms with E-state index < -0.39 is 0 Å². The van der Waals surface area contributed by atoms with Gasteiger partial charge in [0.2, 0.25) is 0 Å². The van der Waals surface area contributed by atoms with Crippen LogP contribution >= 0.6 is 0 Å². The Bertz CT molecular complexity index is 435. The van der Waals surface area contributed by atoms with Gasteiger partial charge in [-0.05, 0) is 41.4 Å². The fourth-order valence-corrected chi connectivity index (χ4v) is 3.33. The van der Waals surface area contributed by atoms with E-state index in [2.05, 4.69) is 67.6 Å². The van der Waals surface area contributed by atoms with Crippen LogP contribution in [0.2, 0.25) is 0 Å². The topological polar surface area (TPSA) is 12.4 Å². The maximum absolute atomic E-state index is 4.81. The lowest BCUT2D eigenvalue weighted by Crippen LogP contribution is -1.94. The molecule has 0 aliphatic carbocycles.